The quantitative estimate of drug-likeness (QED) is 0.364. The predicted molar refractivity (Wildman–Crippen MR) is 118 cm³/mol. The van der Waals surface area contributed by atoms with E-state index in [0.717, 1.165) is 6.42 Å². The third-order valence-electron chi connectivity index (χ3n) is 2.38. The molecule has 0 heterocycles. The Hall–Kier alpha value is -1.63. The molecule has 0 radical (unpaired) electrons. The first-order valence-corrected chi connectivity index (χ1v) is 10.7. The molecule has 0 aromatic heterocycles. The van der Waals surface area contributed by atoms with Crippen molar-refractivity contribution < 1.29 is 9.47 Å². The van der Waals surface area contributed by atoms with E-state index >= 15 is 0 Å². The van der Waals surface area contributed by atoms with Crippen LogP contribution < -0.4 is 0 Å². The number of ether oxygens (including phenoxy) is 2. The summed E-state index contributed by atoms with van der Waals surface area (Å²) in [5.74, 6) is 11.7. The molecule has 0 saturated carbocycles. The molecular weight excluding hydrogens is 380 g/mol. The van der Waals surface area contributed by atoms with Crippen molar-refractivity contribution in [2.24, 2.45) is 0 Å². The van der Waals surface area contributed by atoms with Crippen LogP contribution in [0.3, 0.4) is 0 Å². The van der Waals surface area contributed by atoms with E-state index in [1.165, 1.54) is 35.3 Å². The van der Waals surface area contributed by atoms with E-state index < -0.39 is 10.4 Å². The Morgan fingerprint density at radius 1 is 1.00 bits per heavy atom. The molecule has 2 unspecified atom stereocenters. The minimum Gasteiger partial charge on any atom is -0.400 e. The first-order chi connectivity index (χ1) is 12.7. The molecule has 0 saturated heterocycles. The van der Waals surface area contributed by atoms with Gasteiger partial charge in [-0.15, -0.1) is 0 Å². The third kappa shape index (κ3) is 10.4. The lowest BCUT2D eigenvalue weighted by atomic mass is 10.4. The van der Waals surface area contributed by atoms with Gasteiger partial charge in [-0.3, -0.25) is 0 Å². The average Bonchev–Trinajstić information content (AvgIpc) is 2.66. The van der Waals surface area contributed by atoms with Crippen molar-refractivity contribution in [2.75, 3.05) is 0 Å². The lowest BCUT2D eigenvalue weighted by molar-refractivity contribution is -0.0366. The molecule has 0 aliphatic carbocycles. The van der Waals surface area contributed by atoms with Crippen molar-refractivity contribution in [3.05, 3.63) is 23.0 Å². The minimum atomic E-state index is -0.771. The zero-order chi connectivity index (χ0) is 19.5. The molecule has 0 aromatic rings. The van der Waals surface area contributed by atoms with E-state index in [1.807, 2.05) is 30.7 Å². The molecule has 2 nitrogen and oxygen atoms in total. The number of thioether (sulfide) groups is 3. The van der Waals surface area contributed by atoms with Crippen LogP contribution in [0, 0.1) is 46.4 Å². The molecule has 0 amide bonds. The summed E-state index contributed by atoms with van der Waals surface area (Å²) in [7, 11) is 0. The van der Waals surface area contributed by atoms with Crippen LogP contribution in [-0.2, 0) is 9.47 Å². The van der Waals surface area contributed by atoms with Gasteiger partial charge in [0.05, 0.1) is 0 Å². The van der Waals surface area contributed by atoms with Crippen molar-refractivity contribution in [2.45, 2.75) is 57.8 Å². The molecule has 138 valence electrons. The van der Waals surface area contributed by atoms with Crippen molar-refractivity contribution in [3.63, 3.8) is 0 Å². The first-order valence-electron chi connectivity index (χ1n) is 8.13. The number of rotatable bonds is 8. The fraction of sp³-hybridized carbons (Fsp3) is 0.429. The van der Waals surface area contributed by atoms with Crippen LogP contribution in [-0.4, -0.2) is 10.4 Å². The van der Waals surface area contributed by atoms with Crippen molar-refractivity contribution in [3.8, 4) is 46.4 Å². The van der Waals surface area contributed by atoms with E-state index in [-0.39, 0.29) is 0 Å². The number of allylic oxidation sites excluding steroid dienone is 2. The van der Waals surface area contributed by atoms with E-state index in [0.29, 0.717) is 6.42 Å². The highest BCUT2D eigenvalue weighted by molar-refractivity contribution is 8.21. The van der Waals surface area contributed by atoms with Crippen LogP contribution in [0.5, 0.6) is 0 Å². The summed E-state index contributed by atoms with van der Waals surface area (Å²) in [6, 6.07) is 0. The van der Waals surface area contributed by atoms with Gasteiger partial charge in [-0.2, -0.15) is 0 Å². The maximum Gasteiger partial charge on any atom is 0.296 e. The monoisotopic (exact) mass is 404 g/mol. The first kappa shape index (κ1) is 24.4. The number of hydrogen-bond acceptors (Lipinski definition) is 5. The Labute approximate surface area is 171 Å². The highest BCUT2D eigenvalue weighted by Gasteiger charge is 2.42. The van der Waals surface area contributed by atoms with Crippen molar-refractivity contribution >= 4 is 35.3 Å². The van der Waals surface area contributed by atoms with Crippen LogP contribution in [0.4, 0.5) is 0 Å². The van der Waals surface area contributed by atoms with Gasteiger partial charge in [-0.1, -0.05) is 73.2 Å². The highest BCUT2D eigenvalue weighted by atomic mass is 32.2. The third-order valence-corrected chi connectivity index (χ3v) is 5.49. The SMILES string of the molecule is CC#COC(OC#CCC)C(C#CSC#CC)(SC=CC)SC=CCC. The second-order valence-electron chi connectivity index (χ2n) is 4.39. The summed E-state index contributed by atoms with van der Waals surface area (Å²) in [6.07, 6.45) is 10.2. The summed E-state index contributed by atoms with van der Waals surface area (Å²) in [5.41, 5.74) is 0. The molecular formula is C21H24O2S3. The van der Waals surface area contributed by atoms with Gasteiger partial charge in [0.2, 0.25) is 4.08 Å². The van der Waals surface area contributed by atoms with Gasteiger partial charge in [0.15, 0.2) is 0 Å². The molecule has 5 heteroatoms. The Morgan fingerprint density at radius 3 is 2.35 bits per heavy atom. The van der Waals surface area contributed by atoms with Crippen LogP contribution in [0.25, 0.3) is 0 Å². The normalized spacial score (nSPS) is 13.0. The number of hydrogen-bond donors (Lipinski definition) is 0. The second kappa shape index (κ2) is 16.8. The molecule has 0 N–H and O–H groups in total. The molecule has 26 heavy (non-hydrogen) atoms. The lowest BCUT2D eigenvalue weighted by Gasteiger charge is -2.29. The fourth-order valence-electron chi connectivity index (χ4n) is 1.30. The van der Waals surface area contributed by atoms with E-state index in [1.54, 1.807) is 13.8 Å². The molecule has 0 aromatic carbocycles. The summed E-state index contributed by atoms with van der Waals surface area (Å²) in [6.45, 7) is 9.47. The van der Waals surface area contributed by atoms with E-state index in [2.05, 4.69) is 59.4 Å². The van der Waals surface area contributed by atoms with Gasteiger partial charge in [0.1, 0.15) is 12.2 Å². The van der Waals surface area contributed by atoms with Crippen molar-refractivity contribution in [1.29, 1.82) is 0 Å². The predicted octanol–water partition coefficient (Wildman–Crippen LogP) is 5.99. The standard InChI is InChI=1S/C21H24O2S3/c1-6-11-15-23-20(22-14-8-3)21(25-17-10-5,26-18-12-7-2)13-19-24-16-9-4/h10,12,17-18,20H,6-7H2,1-5H3. The van der Waals surface area contributed by atoms with Gasteiger partial charge in [-0.05, 0) is 41.6 Å². The zero-order valence-electron chi connectivity index (χ0n) is 15.8. The Kier molecular flexibility index (Phi) is 15.8. The smallest absolute Gasteiger partial charge is 0.296 e. The van der Waals surface area contributed by atoms with E-state index in [4.69, 9.17) is 9.47 Å². The topological polar surface area (TPSA) is 18.5 Å². The lowest BCUT2D eigenvalue weighted by Crippen LogP contribution is -2.36. The van der Waals surface area contributed by atoms with Gasteiger partial charge < -0.3 is 9.47 Å². The molecule has 0 aliphatic heterocycles. The van der Waals surface area contributed by atoms with Gasteiger partial charge >= 0.3 is 0 Å². The Balaban J connectivity index is 6.00. The maximum atomic E-state index is 5.69. The van der Waals surface area contributed by atoms with Crippen LogP contribution >= 0.6 is 35.3 Å². The average molecular weight is 405 g/mol. The van der Waals surface area contributed by atoms with Crippen LogP contribution in [0.15, 0.2) is 23.0 Å². The van der Waals surface area contributed by atoms with Crippen LogP contribution in [0.2, 0.25) is 0 Å². The Bertz CT molecular complexity index is 696. The summed E-state index contributed by atoms with van der Waals surface area (Å²) < 4.78 is 10.6. The highest BCUT2D eigenvalue weighted by Crippen LogP contribution is 2.43. The molecule has 2 atom stereocenters. The maximum absolute atomic E-state index is 5.69. The molecule has 0 fully saturated rings. The Morgan fingerprint density at radius 2 is 1.73 bits per heavy atom. The summed E-state index contributed by atoms with van der Waals surface area (Å²) >= 11 is 4.27. The fourth-order valence-corrected chi connectivity index (χ4v) is 3.82. The molecule has 0 rings (SSSR count). The van der Waals surface area contributed by atoms with Gasteiger partial charge in [0, 0.05) is 25.1 Å². The van der Waals surface area contributed by atoms with Crippen LogP contribution in [0.1, 0.15) is 47.5 Å². The minimum absolute atomic E-state index is 0.692. The summed E-state index contributed by atoms with van der Waals surface area (Å²) in [4.78, 5) is 0. The molecule has 0 bridgehead atoms. The largest absolute Gasteiger partial charge is 0.400 e. The second-order valence-corrected chi connectivity index (χ2v) is 7.56. The van der Waals surface area contributed by atoms with Crippen molar-refractivity contribution in [1.82, 2.24) is 0 Å². The molecule has 0 spiro atoms. The zero-order valence-corrected chi connectivity index (χ0v) is 18.3. The molecule has 0 aliphatic rings. The summed E-state index contributed by atoms with van der Waals surface area (Å²) in [5, 5.41) is 9.89. The van der Waals surface area contributed by atoms with Gasteiger partial charge in [-0.25, -0.2) is 0 Å². The van der Waals surface area contributed by atoms with E-state index in [9.17, 15) is 0 Å². The van der Waals surface area contributed by atoms with Gasteiger partial charge in [0.25, 0.3) is 6.29 Å².